The number of hydrogen-bond donors (Lipinski definition) is 2. The number of carboxylic acids is 1. The summed E-state index contributed by atoms with van der Waals surface area (Å²) in [4.78, 5) is 27.0. The van der Waals surface area contributed by atoms with E-state index in [1.165, 1.54) is 6.07 Å². The number of carboxylic acid groups (broad SMARTS) is 1. The summed E-state index contributed by atoms with van der Waals surface area (Å²) in [5, 5.41) is 12.0. The van der Waals surface area contributed by atoms with Crippen molar-refractivity contribution >= 4 is 11.9 Å². The lowest BCUT2D eigenvalue weighted by Gasteiger charge is -2.36. The first-order chi connectivity index (χ1) is 9.43. The van der Waals surface area contributed by atoms with E-state index in [0.29, 0.717) is 18.8 Å². The highest BCUT2D eigenvalue weighted by Crippen LogP contribution is 2.32. The van der Waals surface area contributed by atoms with E-state index in [2.05, 4.69) is 17.2 Å². The number of aliphatic carboxylic acids is 1. The Hall–Kier alpha value is -1.98. The standard InChI is InChI=1S/C14H17FN2O3/c1-9-4-6-14(7-5-9,13(19)20)17-12(18)10-2-3-11(15)16-8-10/h2-3,8-9H,4-7H2,1H3,(H,17,18)(H,19,20). The van der Waals surface area contributed by atoms with Crippen molar-refractivity contribution in [3.8, 4) is 0 Å². The molecular formula is C14H17FN2O3. The average Bonchev–Trinajstić information content (AvgIpc) is 2.42. The van der Waals surface area contributed by atoms with Crippen LogP contribution in [0.25, 0.3) is 0 Å². The highest BCUT2D eigenvalue weighted by molar-refractivity contribution is 5.97. The predicted molar refractivity (Wildman–Crippen MR) is 69.7 cm³/mol. The van der Waals surface area contributed by atoms with Crippen molar-refractivity contribution < 1.29 is 19.1 Å². The van der Waals surface area contributed by atoms with E-state index in [1.54, 1.807) is 0 Å². The van der Waals surface area contributed by atoms with Crippen LogP contribution < -0.4 is 5.32 Å². The van der Waals surface area contributed by atoms with Crippen molar-refractivity contribution in [3.05, 3.63) is 29.8 Å². The Bertz CT molecular complexity index is 508. The Morgan fingerprint density at radius 1 is 1.40 bits per heavy atom. The molecule has 0 bridgehead atoms. The molecular weight excluding hydrogens is 263 g/mol. The normalized spacial score (nSPS) is 26.0. The zero-order valence-electron chi connectivity index (χ0n) is 11.2. The van der Waals surface area contributed by atoms with Gasteiger partial charge in [-0.05, 0) is 43.7 Å². The number of pyridine rings is 1. The molecule has 0 spiro atoms. The summed E-state index contributed by atoms with van der Waals surface area (Å²) in [5.74, 6) is -1.77. The van der Waals surface area contributed by atoms with Gasteiger partial charge in [0.25, 0.3) is 5.91 Å². The first-order valence-electron chi connectivity index (χ1n) is 6.60. The van der Waals surface area contributed by atoms with Crippen molar-refractivity contribution in [2.75, 3.05) is 0 Å². The average molecular weight is 280 g/mol. The number of nitrogens with zero attached hydrogens (tertiary/aromatic N) is 1. The molecule has 1 aliphatic rings. The fourth-order valence-electron chi connectivity index (χ4n) is 2.45. The van der Waals surface area contributed by atoms with Gasteiger partial charge in [0.15, 0.2) is 0 Å². The second kappa shape index (κ2) is 5.56. The minimum Gasteiger partial charge on any atom is -0.480 e. The number of nitrogens with one attached hydrogen (secondary N) is 1. The maximum absolute atomic E-state index is 12.7. The van der Waals surface area contributed by atoms with Crippen molar-refractivity contribution in [3.63, 3.8) is 0 Å². The van der Waals surface area contributed by atoms with Crippen molar-refractivity contribution in [2.45, 2.75) is 38.1 Å². The number of carbonyl (C=O) groups excluding carboxylic acids is 1. The summed E-state index contributed by atoms with van der Waals surface area (Å²) >= 11 is 0. The molecule has 0 unspecified atom stereocenters. The zero-order chi connectivity index (χ0) is 14.8. The number of amides is 1. The van der Waals surface area contributed by atoms with Crippen LogP contribution in [0.5, 0.6) is 0 Å². The van der Waals surface area contributed by atoms with Gasteiger partial charge in [0.05, 0.1) is 5.56 Å². The first kappa shape index (κ1) is 14.4. The number of carbonyl (C=O) groups is 2. The third-order valence-corrected chi connectivity index (χ3v) is 3.88. The molecule has 0 saturated heterocycles. The Balaban J connectivity index is 2.14. The third kappa shape index (κ3) is 2.95. The van der Waals surface area contributed by atoms with Crippen LogP contribution in [-0.2, 0) is 4.79 Å². The lowest BCUT2D eigenvalue weighted by molar-refractivity contribution is -0.146. The molecule has 1 aromatic heterocycles. The molecule has 6 heteroatoms. The number of halogens is 1. The number of hydrogen-bond acceptors (Lipinski definition) is 3. The summed E-state index contributed by atoms with van der Waals surface area (Å²) in [6, 6.07) is 2.37. The molecule has 108 valence electrons. The van der Waals surface area contributed by atoms with Gasteiger partial charge >= 0.3 is 5.97 Å². The van der Waals surface area contributed by atoms with Gasteiger partial charge in [-0.15, -0.1) is 0 Å². The van der Waals surface area contributed by atoms with E-state index in [0.717, 1.165) is 25.1 Å². The monoisotopic (exact) mass is 280 g/mol. The maximum Gasteiger partial charge on any atom is 0.329 e. The van der Waals surface area contributed by atoms with E-state index in [4.69, 9.17) is 0 Å². The van der Waals surface area contributed by atoms with Crippen LogP contribution in [0, 0.1) is 11.9 Å². The van der Waals surface area contributed by atoms with Crippen LogP contribution in [0.3, 0.4) is 0 Å². The van der Waals surface area contributed by atoms with Gasteiger partial charge in [0, 0.05) is 6.20 Å². The predicted octanol–water partition coefficient (Wildman–Crippen LogP) is 1.98. The molecule has 1 aliphatic carbocycles. The molecule has 1 amide bonds. The summed E-state index contributed by atoms with van der Waals surface area (Å²) in [7, 11) is 0. The van der Waals surface area contributed by atoms with Gasteiger partial charge in [-0.3, -0.25) is 4.79 Å². The van der Waals surface area contributed by atoms with E-state index in [9.17, 15) is 19.1 Å². The van der Waals surface area contributed by atoms with Gasteiger partial charge < -0.3 is 10.4 Å². The molecule has 20 heavy (non-hydrogen) atoms. The van der Waals surface area contributed by atoms with Gasteiger partial charge in [-0.1, -0.05) is 6.92 Å². The van der Waals surface area contributed by atoms with Gasteiger partial charge in [0.1, 0.15) is 5.54 Å². The highest BCUT2D eigenvalue weighted by atomic mass is 19.1. The van der Waals surface area contributed by atoms with Crippen LogP contribution in [0.4, 0.5) is 4.39 Å². The molecule has 2 rings (SSSR count). The van der Waals surface area contributed by atoms with Crippen LogP contribution in [0.2, 0.25) is 0 Å². The Morgan fingerprint density at radius 2 is 2.05 bits per heavy atom. The highest BCUT2D eigenvalue weighted by Gasteiger charge is 2.42. The van der Waals surface area contributed by atoms with Crippen LogP contribution in [0.15, 0.2) is 18.3 Å². The molecule has 1 heterocycles. The second-order valence-electron chi connectivity index (χ2n) is 5.39. The minimum absolute atomic E-state index is 0.158. The molecule has 2 N–H and O–H groups in total. The lowest BCUT2D eigenvalue weighted by Crippen LogP contribution is -2.56. The molecule has 5 nitrogen and oxygen atoms in total. The van der Waals surface area contributed by atoms with Crippen LogP contribution in [-0.4, -0.2) is 27.5 Å². The Labute approximate surface area is 116 Å². The Kier molecular flexibility index (Phi) is 4.01. The zero-order valence-corrected chi connectivity index (χ0v) is 11.2. The summed E-state index contributed by atoms with van der Waals surface area (Å²) in [6.45, 7) is 2.07. The molecule has 1 fully saturated rings. The first-order valence-corrected chi connectivity index (χ1v) is 6.60. The summed E-state index contributed by atoms with van der Waals surface area (Å²) in [6.07, 6.45) is 3.43. The molecule has 1 aromatic rings. The van der Waals surface area contributed by atoms with Crippen molar-refractivity contribution in [1.82, 2.24) is 10.3 Å². The molecule has 1 saturated carbocycles. The topological polar surface area (TPSA) is 79.3 Å². The third-order valence-electron chi connectivity index (χ3n) is 3.88. The second-order valence-corrected chi connectivity index (χ2v) is 5.39. The van der Waals surface area contributed by atoms with Crippen molar-refractivity contribution in [2.24, 2.45) is 5.92 Å². The van der Waals surface area contributed by atoms with Gasteiger partial charge in [0.2, 0.25) is 5.95 Å². The van der Waals surface area contributed by atoms with Crippen LogP contribution in [0.1, 0.15) is 43.0 Å². The largest absolute Gasteiger partial charge is 0.480 e. The molecule has 0 aliphatic heterocycles. The Morgan fingerprint density at radius 3 is 2.55 bits per heavy atom. The van der Waals surface area contributed by atoms with E-state index in [-0.39, 0.29) is 5.56 Å². The summed E-state index contributed by atoms with van der Waals surface area (Å²) in [5.41, 5.74) is -1.07. The number of rotatable bonds is 3. The van der Waals surface area contributed by atoms with E-state index >= 15 is 0 Å². The number of aromatic nitrogens is 1. The molecule has 0 aromatic carbocycles. The van der Waals surface area contributed by atoms with Crippen molar-refractivity contribution in [1.29, 1.82) is 0 Å². The van der Waals surface area contributed by atoms with Gasteiger partial charge in [-0.25, -0.2) is 9.78 Å². The van der Waals surface area contributed by atoms with Crippen LogP contribution >= 0.6 is 0 Å². The minimum atomic E-state index is -1.22. The SMILES string of the molecule is CC1CCC(NC(=O)c2ccc(F)nc2)(C(=O)O)CC1. The van der Waals surface area contributed by atoms with E-state index < -0.39 is 23.4 Å². The fourth-order valence-corrected chi connectivity index (χ4v) is 2.45. The van der Waals surface area contributed by atoms with Gasteiger partial charge in [-0.2, -0.15) is 4.39 Å². The summed E-state index contributed by atoms with van der Waals surface area (Å²) < 4.78 is 12.7. The smallest absolute Gasteiger partial charge is 0.329 e. The molecule has 0 atom stereocenters. The lowest BCUT2D eigenvalue weighted by atomic mass is 9.77. The van der Waals surface area contributed by atoms with E-state index in [1.807, 2.05) is 0 Å². The fraction of sp³-hybridized carbons (Fsp3) is 0.500. The maximum atomic E-state index is 12.7. The quantitative estimate of drug-likeness (QED) is 0.830. The molecule has 0 radical (unpaired) electrons.